The molecule has 0 aliphatic carbocycles. The van der Waals surface area contributed by atoms with E-state index in [2.05, 4.69) is 32.9 Å². The van der Waals surface area contributed by atoms with Gasteiger partial charge in [-0.2, -0.15) is 0 Å². The molecule has 0 radical (unpaired) electrons. The van der Waals surface area contributed by atoms with Gasteiger partial charge in [-0.25, -0.2) is 0 Å². The summed E-state index contributed by atoms with van der Waals surface area (Å²) in [6, 6.07) is 10.3. The maximum Gasteiger partial charge on any atom is 0.126 e. The summed E-state index contributed by atoms with van der Waals surface area (Å²) in [4.78, 5) is 0. The molecule has 3 nitrogen and oxygen atoms in total. The van der Waals surface area contributed by atoms with Crippen LogP contribution < -0.4 is 15.2 Å². The molecule has 0 saturated carbocycles. The van der Waals surface area contributed by atoms with E-state index in [0.717, 1.165) is 24.3 Å². The number of ether oxygens (including phenoxy) is 2. The first-order valence-electron chi connectivity index (χ1n) is 8.28. The summed E-state index contributed by atoms with van der Waals surface area (Å²) in [5, 5.41) is 0. The summed E-state index contributed by atoms with van der Waals surface area (Å²) in [7, 11) is 0. The van der Waals surface area contributed by atoms with Crippen molar-refractivity contribution in [2.45, 2.75) is 46.3 Å². The predicted molar refractivity (Wildman–Crippen MR) is 93.2 cm³/mol. The Hall–Kier alpha value is -2.00. The lowest BCUT2D eigenvalue weighted by Gasteiger charge is -2.18. The second-order valence-electron chi connectivity index (χ2n) is 6.31. The lowest BCUT2D eigenvalue weighted by atomic mass is 9.95. The maximum absolute atomic E-state index is 6.17. The number of benzene rings is 2. The molecule has 1 aliphatic heterocycles. The molecule has 2 N–H and O–H groups in total. The zero-order valence-corrected chi connectivity index (χ0v) is 14.2. The number of hydrogen-bond donors (Lipinski definition) is 1. The molecular formula is C20H25NO2. The molecule has 0 aromatic heterocycles. The van der Waals surface area contributed by atoms with E-state index in [1.54, 1.807) is 0 Å². The van der Waals surface area contributed by atoms with Crippen LogP contribution >= 0.6 is 0 Å². The first-order valence-corrected chi connectivity index (χ1v) is 8.28. The summed E-state index contributed by atoms with van der Waals surface area (Å²) in [6.45, 7) is 7.62. The van der Waals surface area contributed by atoms with E-state index in [0.29, 0.717) is 13.2 Å². The summed E-state index contributed by atoms with van der Waals surface area (Å²) < 4.78 is 12.3. The normalized spacial score (nSPS) is 16.1. The van der Waals surface area contributed by atoms with Crippen LogP contribution in [-0.2, 0) is 13.0 Å². The van der Waals surface area contributed by atoms with Gasteiger partial charge in [0, 0.05) is 12.0 Å². The van der Waals surface area contributed by atoms with E-state index in [1.165, 1.54) is 27.8 Å². The van der Waals surface area contributed by atoms with Gasteiger partial charge in [0.1, 0.15) is 24.2 Å². The quantitative estimate of drug-likeness (QED) is 0.912. The van der Waals surface area contributed by atoms with Crippen LogP contribution in [0.5, 0.6) is 11.5 Å². The van der Waals surface area contributed by atoms with Gasteiger partial charge in [0.05, 0.1) is 0 Å². The Labute approximate surface area is 138 Å². The van der Waals surface area contributed by atoms with E-state index >= 15 is 0 Å². The van der Waals surface area contributed by atoms with Crippen molar-refractivity contribution < 1.29 is 9.47 Å². The molecule has 1 aliphatic rings. The van der Waals surface area contributed by atoms with E-state index < -0.39 is 0 Å². The number of nitrogens with two attached hydrogens (primary N) is 1. The van der Waals surface area contributed by atoms with Crippen LogP contribution in [0.3, 0.4) is 0 Å². The van der Waals surface area contributed by atoms with E-state index in [1.807, 2.05) is 18.2 Å². The summed E-state index contributed by atoms with van der Waals surface area (Å²) in [6.07, 6.45) is 2.03. The fourth-order valence-electron chi connectivity index (χ4n) is 3.29. The van der Waals surface area contributed by atoms with Gasteiger partial charge >= 0.3 is 0 Å². The standard InChI is InChI=1S/C20H25NO2/c1-13-14(2)20-18(11-17(23-20)9-10-21)15(3)19(13)22-12-16-7-5-4-6-8-16/h4-8,17H,9-12,21H2,1-3H3/t17-/m1/s1. The Bertz CT molecular complexity index is 695. The van der Waals surface area contributed by atoms with E-state index in [4.69, 9.17) is 15.2 Å². The minimum atomic E-state index is 0.205. The zero-order valence-electron chi connectivity index (χ0n) is 14.2. The second kappa shape index (κ2) is 6.63. The van der Waals surface area contributed by atoms with Gasteiger partial charge in [-0.15, -0.1) is 0 Å². The van der Waals surface area contributed by atoms with Crippen molar-refractivity contribution in [1.29, 1.82) is 0 Å². The van der Waals surface area contributed by atoms with Crippen LogP contribution in [0.2, 0.25) is 0 Å². The van der Waals surface area contributed by atoms with Crippen LogP contribution in [-0.4, -0.2) is 12.6 Å². The Morgan fingerprint density at radius 1 is 1.09 bits per heavy atom. The van der Waals surface area contributed by atoms with Gasteiger partial charge in [0.2, 0.25) is 0 Å². The third-order valence-corrected chi connectivity index (χ3v) is 4.74. The largest absolute Gasteiger partial charge is 0.489 e. The van der Waals surface area contributed by atoms with Crippen LogP contribution in [0.4, 0.5) is 0 Å². The predicted octanol–water partition coefficient (Wildman–Crippen LogP) is 3.84. The van der Waals surface area contributed by atoms with Crippen LogP contribution in [0, 0.1) is 20.8 Å². The van der Waals surface area contributed by atoms with Crippen molar-refractivity contribution in [3.63, 3.8) is 0 Å². The fraction of sp³-hybridized carbons (Fsp3) is 0.400. The van der Waals surface area contributed by atoms with Crippen LogP contribution in [0.15, 0.2) is 30.3 Å². The van der Waals surface area contributed by atoms with Crippen molar-refractivity contribution in [1.82, 2.24) is 0 Å². The zero-order chi connectivity index (χ0) is 16.4. The lowest BCUT2D eigenvalue weighted by molar-refractivity contribution is 0.223. The molecule has 23 heavy (non-hydrogen) atoms. The van der Waals surface area contributed by atoms with E-state index in [9.17, 15) is 0 Å². The molecule has 3 rings (SSSR count). The number of hydrogen-bond acceptors (Lipinski definition) is 3. The van der Waals surface area contributed by atoms with Crippen LogP contribution in [0.1, 0.15) is 34.2 Å². The molecule has 0 spiro atoms. The minimum absolute atomic E-state index is 0.205. The van der Waals surface area contributed by atoms with Crippen molar-refractivity contribution in [3.05, 3.63) is 58.1 Å². The Kier molecular flexibility index (Phi) is 4.58. The molecule has 2 aromatic carbocycles. The Balaban J connectivity index is 1.88. The van der Waals surface area contributed by atoms with Gasteiger partial charge in [-0.3, -0.25) is 0 Å². The minimum Gasteiger partial charge on any atom is -0.489 e. The third-order valence-electron chi connectivity index (χ3n) is 4.74. The Morgan fingerprint density at radius 2 is 1.83 bits per heavy atom. The highest BCUT2D eigenvalue weighted by Crippen LogP contribution is 2.43. The topological polar surface area (TPSA) is 44.5 Å². The average molecular weight is 311 g/mol. The summed E-state index contributed by atoms with van der Waals surface area (Å²) >= 11 is 0. The summed E-state index contributed by atoms with van der Waals surface area (Å²) in [5.74, 6) is 2.05. The summed E-state index contributed by atoms with van der Waals surface area (Å²) in [5.41, 5.74) is 11.7. The lowest BCUT2D eigenvalue weighted by Crippen LogP contribution is -2.18. The highest BCUT2D eigenvalue weighted by atomic mass is 16.5. The highest BCUT2D eigenvalue weighted by Gasteiger charge is 2.29. The smallest absolute Gasteiger partial charge is 0.126 e. The maximum atomic E-state index is 6.17. The molecule has 0 saturated heterocycles. The van der Waals surface area contributed by atoms with Gasteiger partial charge in [-0.1, -0.05) is 30.3 Å². The highest BCUT2D eigenvalue weighted by molar-refractivity contribution is 5.59. The van der Waals surface area contributed by atoms with Gasteiger partial charge in [0.25, 0.3) is 0 Å². The molecule has 1 heterocycles. The monoisotopic (exact) mass is 311 g/mol. The molecule has 0 bridgehead atoms. The molecular weight excluding hydrogens is 286 g/mol. The third kappa shape index (κ3) is 3.06. The van der Waals surface area contributed by atoms with Crippen LogP contribution in [0.25, 0.3) is 0 Å². The number of rotatable bonds is 5. The average Bonchev–Trinajstić information content (AvgIpc) is 2.98. The van der Waals surface area contributed by atoms with Crippen molar-refractivity contribution in [3.8, 4) is 11.5 Å². The van der Waals surface area contributed by atoms with Crippen molar-refractivity contribution in [2.24, 2.45) is 5.73 Å². The van der Waals surface area contributed by atoms with Gasteiger partial charge in [-0.05, 0) is 56.0 Å². The van der Waals surface area contributed by atoms with Crippen molar-refractivity contribution >= 4 is 0 Å². The molecule has 122 valence electrons. The molecule has 1 atom stereocenters. The first-order chi connectivity index (χ1) is 11.1. The Morgan fingerprint density at radius 3 is 2.52 bits per heavy atom. The molecule has 3 heteroatoms. The van der Waals surface area contributed by atoms with Crippen molar-refractivity contribution in [2.75, 3.05) is 6.54 Å². The molecule has 0 amide bonds. The molecule has 0 unspecified atom stereocenters. The fourth-order valence-corrected chi connectivity index (χ4v) is 3.29. The van der Waals surface area contributed by atoms with E-state index in [-0.39, 0.29) is 6.10 Å². The van der Waals surface area contributed by atoms with Gasteiger partial charge in [0.15, 0.2) is 0 Å². The van der Waals surface area contributed by atoms with Gasteiger partial charge < -0.3 is 15.2 Å². The second-order valence-corrected chi connectivity index (χ2v) is 6.31. The number of fused-ring (bicyclic) bond motifs is 1. The molecule has 2 aromatic rings. The first kappa shape index (κ1) is 15.9. The SMILES string of the molecule is Cc1c(C)c2c(c(C)c1OCc1ccccc1)C[C@@H](CCN)O2. The molecule has 0 fully saturated rings.